The first-order valence-electron chi connectivity index (χ1n) is 10.2. The van der Waals surface area contributed by atoms with Crippen LogP contribution in [0.4, 0.5) is 5.69 Å². The third kappa shape index (κ3) is 8.59. The van der Waals surface area contributed by atoms with Crippen LogP contribution in [0.3, 0.4) is 0 Å². The van der Waals surface area contributed by atoms with Gasteiger partial charge in [0.2, 0.25) is 5.91 Å². The summed E-state index contributed by atoms with van der Waals surface area (Å²) in [5.74, 6) is -2.61. The molecule has 3 rings (SSSR count). The summed E-state index contributed by atoms with van der Waals surface area (Å²) in [5.41, 5.74) is 7.16. The van der Waals surface area contributed by atoms with Crippen LogP contribution in [-0.4, -0.2) is 62.4 Å². The minimum atomic E-state index is -1.06. The van der Waals surface area contributed by atoms with Crippen LogP contribution in [0.25, 0.3) is 0 Å². The van der Waals surface area contributed by atoms with Crippen molar-refractivity contribution in [3.63, 3.8) is 0 Å². The van der Waals surface area contributed by atoms with Crippen LogP contribution in [0, 0.1) is 0 Å². The Kier molecular flexibility index (Phi) is 10.1. The Morgan fingerprint density at radius 3 is 2.14 bits per heavy atom. The Bertz CT molecular complexity index is 1100. The molecule has 2 amide bonds. The van der Waals surface area contributed by atoms with Gasteiger partial charge in [0.15, 0.2) is 0 Å². The molecule has 35 heavy (non-hydrogen) atoms. The predicted octanol–water partition coefficient (Wildman–Crippen LogP) is 3.26. The fourth-order valence-corrected chi connectivity index (χ4v) is 4.02. The van der Waals surface area contributed by atoms with Crippen molar-refractivity contribution in [2.75, 3.05) is 11.9 Å². The largest absolute Gasteiger partial charge is 0.480 e. The highest BCUT2D eigenvalue weighted by molar-refractivity contribution is 7.80. The summed E-state index contributed by atoms with van der Waals surface area (Å²) < 4.78 is 0. The summed E-state index contributed by atoms with van der Waals surface area (Å²) >= 11 is 16.6. The van der Waals surface area contributed by atoms with E-state index in [0.717, 1.165) is 5.56 Å². The van der Waals surface area contributed by atoms with Crippen molar-refractivity contribution in [2.45, 2.75) is 31.8 Å². The maximum atomic E-state index is 12.1. The number of hydrogen-bond donors (Lipinski definition) is 4. The summed E-state index contributed by atoms with van der Waals surface area (Å²) in [5, 5.41) is 20.9. The lowest BCUT2D eigenvalue weighted by Gasteiger charge is -2.18. The molecule has 1 saturated heterocycles. The molecule has 1 fully saturated rings. The molecule has 1 heterocycles. The number of nitrogens with two attached hydrogens (primary N) is 1. The first-order valence-corrected chi connectivity index (χ1v) is 11.4. The minimum absolute atomic E-state index is 0.216. The highest BCUT2D eigenvalue weighted by Gasteiger charge is 2.34. The van der Waals surface area contributed by atoms with Crippen molar-refractivity contribution >= 4 is 69.7 Å². The molecule has 2 aromatic carbocycles. The summed E-state index contributed by atoms with van der Waals surface area (Å²) in [6.45, 7) is 1.66. The highest BCUT2D eigenvalue weighted by atomic mass is 35.5. The second-order valence-corrected chi connectivity index (χ2v) is 9.15. The van der Waals surface area contributed by atoms with Gasteiger partial charge in [-0.1, -0.05) is 47.6 Å². The van der Waals surface area contributed by atoms with Gasteiger partial charge in [-0.15, -0.1) is 0 Å². The van der Waals surface area contributed by atoms with Crippen molar-refractivity contribution < 1.29 is 29.4 Å². The number of carboxylic acid groups (broad SMARTS) is 2. The Morgan fingerprint density at radius 2 is 1.69 bits per heavy atom. The number of hydrogen-bond acceptors (Lipinski definition) is 6. The van der Waals surface area contributed by atoms with Gasteiger partial charge in [0, 0.05) is 39.5 Å². The van der Waals surface area contributed by atoms with E-state index in [0.29, 0.717) is 39.1 Å². The maximum absolute atomic E-state index is 12.1. The molecule has 12 heteroatoms. The van der Waals surface area contributed by atoms with Crippen molar-refractivity contribution in [2.24, 2.45) is 5.73 Å². The van der Waals surface area contributed by atoms with Crippen molar-refractivity contribution in [1.82, 2.24) is 4.90 Å². The number of amides is 2. The molecular weight excluding hydrogens is 517 g/mol. The predicted molar refractivity (Wildman–Crippen MR) is 136 cm³/mol. The maximum Gasteiger partial charge on any atom is 0.326 e. The zero-order valence-corrected chi connectivity index (χ0v) is 20.9. The molecule has 2 aromatic rings. The van der Waals surface area contributed by atoms with Crippen molar-refractivity contribution in [3.8, 4) is 0 Å². The lowest BCUT2D eigenvalue weighted by atomic mass is 10.1. The number of carbonyl (C=O) groups excluding carboxylic acids is 2. The molecule has 186 valence electrons. The minimum Gasteiger partial charge on any atom is -0.480 e. The number of aliphatic carboxylic acids is 2. The number of carboxylic acids is 2. The number of carbonyl (C=O) groups is 4. The van der Waals surface area contributed by atoms with E-state index in [1.807, 2.05) is 0 Å². The van der Waals surface area contributed by atoms with E-state index in [2.05, 4.69) is 5.32 Å². The van der Waals surface area contributed by atoms with Crippen LogP contribution < -0.4 is 11.1 Å². The lowest BCUT2D eigenvalue weighted by molar-refractivity contribution is -0.147. The standard InChI is InChI=1S/C16H14Cl2N2O3.C7H9NO3S/c17-11-6-10(7-12(18)8-11)15(21)20-13-3-1-9(2-4-13)5-14(19)16(22)23;1-4(9)8-3-5(12)2-6(8)7(10)11/h1-4,6-8,14H,5,19H2,(H,20,21)(H,22,23);6H,2-3H2,1H3,(H,10,11)/t14-;6-/m00/s1. The molecule has 0 aromatic heterocycles. The number of rotatable bonds is 6. The SMILES string of the molecule is CC(=O)N1CC(=S)C[C@H]1C(=O)O.N[C@@H](Cc1ccc(NC(=O)c2cc(Cl)cc(Cl)c2)cc1)C(=O)O. The molecule has 5 N–H and O–H groups in total. The number of nitrogens with one attached hydrogen (secondary N) is 1. The van der Waals surface area contributed by atoms with Crippen LogP contribution in [0.2, 0.25) is 10.0 Å². The highest BCUT2D eigenvalue weighted by Crippen LogP contribution is 2.20. The molecule has 0 bridgehead atoms. The number of halogens is 2. The molecule has 0 radical (unpaired) electrons. The number of anilines is 1. The molecule has 1 aliphatic heterocycles. The molecule has 2 atom stereocenters. The first-order chi connectivity index (χ1) is 16.4. The van der Waals surface area contributed by atoms with Crippen LogP contribution in [-0.2, 0) is 20.8 Å². The van der Waals surface area contributed by atoms with E-state index in [1.54, 1.807) is 30.3 Å². The van der Waals surface area contributed by atoms with E-state index in [-0.39, 0.29) is 18.2 Å². The Hall–Kier alpha value is -3.05. The molecule has 9 nitrogen and oxygen atoms in total. The zero-order chi connectivity index (χ0) is 26.3. The van der Waals surface area contributed by atoms with Gasteiger partial charge in [-0.05, 0) is 42.3 Å². The lowest BCUT2D eigenvalue weighted by Crippen LogP contribution is -2.39. The van der Waals surface area contributed by atoms with Gasteiger partial charge in [-0.3, -0.25) is 14.4 Å². The Balaban J connectivity index is 0.000000303. The van der Waals surface area contributed by atoms with Crippen LogP contribution >= 0.6 is 35.4 Å². The van der Waals surface area contributed by atoms with Gasteiger partial charge in [0.05, 0.1) is 6.54 Å². The molecule has 0 unspecified atom stereocenters. The van der Waals surface area contributed by atoms with Crippen LogP contribution in [0.15, 0.2) is 42.5 Å². The molecule has 1 aliphatic rings. The molecule has 0 saturated carbocycles. The van der Waals surface area contributed by atoms with Gasteiger partial charge in [-0.2, -0.15) is 0 Å². The van der Waals surface area contributed by atoms with E-state index in [1.165, 1.54) is 24.0 Å². The summed E-state index contributed by atoms with van der Waals surface area (Å²) in [6, 6.07) is 9.65. The number of benzene rings is 2. The third-order valence-electron chi connectivity index (χ3n) is 4.94. The quantitative estimate of drug-likeness (QED) is 0.408. The fraction of sp³-hybridized carbons (Fsp3) is 0.261. The van der Waals surface area contributed by atoms with Gasteiger partial charge >= 0.3 is 11.9 Å². The molecule has 0 aliphatic carbocycles. The second kappa shape index (κ2) is 12.6. The van der Waals surface area contributed by atoms with E-state index in [4.69, 9.17) is 51.4 Å². The number of thiocarbonyl (C=S) groups is 1. The average molecular weight is 540 g/mol. The van der Waals surface area contributed by atoms with E-state index in [9.17, 15) is 19.2 Å². The molecular formula is C23H23Cl2N3O6S. The van der Waals surface area contributed by atoms with Gasteiger partial charge in [-0.25, -0.2) is 4.79 Å². The van der Waals surface area contributed by atoms with Crippen molar-refractivity contribution in [1.29, 1.82) is 0 Å². The van der Waals surface area contributed by atoms with Crippen LogP contribution in [0.5, 0.6) is 0 Å². The third-order valence-corrected chi connectivity index (χ3v) is 5.68. The fourth-order valence-electron chi connectivity index (χ4n) is 3.20. The summed E-state index contributed by atoms with van der Waals surface area (Å²) in [6.07, 6.45) is 0.526. The topological polar surface area (TPSA) is 150 Å². The van der Waals surface area contributed by atoms with Gasteiger partial charge in [0.25, 0.3) is 5.91 Å². The van der Waals surface area contributed by atoms with E-state index >= 15 is 0 Å². The monoisotopic (exact) mass is 539 g/mol. The summed E-state index contributed by atoms with van der Waals surface area (Å²) in [7, 11) is 0. The zero-order valence-electron chi connectivity index (χ0n) is 18.5. The normalized spacial score (nSPS) is 15.6. The molecule has 0 spiro atoms. The van der Waals surface area contributed by atoms with Gasteiger partial charge < -0.3 is 26.2 Å². The van der Waals surface area contributed by atoms with Crippen molar-refractivity contribution in [3.05, 3.63) is 63.6 Å². The van der Waals surface area contributed by atoms with Crippen LogP contribution in [0.1, 0.15) is 29.3 Å². The second-order valence-electron chi connectivity index (χ2n) is 7.70. The Labute approximate surface area is 216 Å². The smallest absolute Gasteiger partial charge is 0.326 e. The average Bonchev–Trinajstić information content (AvgIpc) is 3.17. The van der Waals surface area contributed by atoms with Gasteiger partial charge in [0.1, 0.15) is 12.1 Å². The summed E-state index contributed by atoms with van der Waals surface area (Å²) in [4.78, 5) is 46.3. The van der Waals surface area contributed by atoms with E-state index < -0.39 is 24.0 Å². The number of likely N-dealkylation sites (tertiary alicyclic amines) is 1. The first kappa shape index (κ1) is 28.2. The number of nitrogens with zero attached hydrogens (tertiary/aromatic N) is 1. The Morgan fingerprint density at radius 1 is 1.11 bits per heavy atom.